The fraction of sp³-hybridized carbons (Fsp3) is 0.750. The van der Waals surface area contributed by atoms with Gasteiger partial charge in [-0.25, -0.2) is 4.39 Å². The molecule has 1 aromatic heterocycles. The number of nitrogens with zero attached hydrogens (tertiary/aromatic N) is 2. The van der Waals surface area contributed by atoms with Crippen molar-refractivity contribution in [1.29, 1.82) is 0 Å². The normalized spacial score (nSPS) is 16.1. The van der Waals surface area contributed by atoms with Crippen LogP contribution in [0.25, 0.3) is 0 Å². The van der Waals surface area contributed by atoms with Crippen LogP contribution in [0.3, 0.4) is 0 Å². The van der Waals surface area contributed by atoms with Gasteiger partial charge in [-0.2, -0.15) is 5.10 Å². The molecular weight excluding hydrogens is 205 g/mol. The molecule has 1 unspecified atom stereocenters. The summed E-state index contributed by atoms with van der Waals surface area (Å²) in [6, 6.07) is 1.92. The van der Waals surface area contributed by atoms with Gasteiger partial charge in [0.05, 0.1) is 0 Å². The lowest BCUT2D eigenvalue weighted by molar-refractivity contribution is 0.0291. The number of hydrogen-bond acceptors (Lipinski definition) is 2. The lowest BCUT2D eigenvalue weighted by Gasteiger charge is -2.37. The first kappa shape index (κ1) is 13.2. The van der Waals surface area contributed by atoms with Gasteiger partial charge in [-0.15, -0.1) is 0 Å². The molecule has 1 heterocycles. The van der Waals surface area contributed by atoms with Gasteiger partial charge < -0.3 is 5.73 Å². The molecule has 0 spiro atoms. The molecule has 0 aliphatic rings. The second kappa shape index (κ2) is 4.53. The Kier molecular flexibility index (Phi) is 3.73. The van der Waals surface area contributed by atoms with Crippen LogP contribution in [0, 0.1) is 5.41 Å². The highest BCUT2D eigenvalue weighted by Crippen LogP contribution is 2.36. The maximum atomic E-state index is 14.6. The Morgan fingerprint density at radius 1 is 1.44 bits per heavy atom. The Morgan fingerprint density at radius 3 is 2.44 bits per heavy atom. The van der Waals surface area contributed by atoms with E-state index in [4.69, 9.17) is 5.73 Å². The van der Waals surface area contributed by atoms with Crippen LogP contribution >= 0.6 is 0 Å². The summed E-state index contributed by atoms with van der Waals surface area (Å²) < 4.78 is 16.4. The molecule has 0 aliphatic heterocycles. The smallest absolute Gasteiger partial charge is 0.128 e. The number of halogens is 1. The van der Waals surface area contributed by atoms with Gasteiger partial charge in [-0.3, -0.25) is 4.68 Å². The third-order valence-corrected chi connectivity index (χ3v) is 3.37. The summed E-state index contributed by atoms with van der Waals surface area (Å²) >= 11 is 0. The first-order valence-corrected chi connectivity index (χ1v) is 5.66. The van der Waals surface area contributed by atoms with Crippen LogP contribution in [-0.2, 0) is 13.5 Å². The van der Waals surface area contributed by atoms with Gasteiger partial charge in [0, 0.05) is 25.5 Å². The van der Waals surface area contributed by atoms with E-state index in [1.165, 1.54) is 0 Å². The second-order valence-electron chi connectivity index (χ2n) is 5.37. The van der Waals surface area contributed by atoms with E-state index in [-0.39, 0.29) is 6.54 Å². The predicted molar refractivity (Wildman–Crippen MR) is 63.9 cm³/mol. The topological polar surface area (TPSA) is 43.8 Å². The molecule has 4 heteroatoms. The van der Waals surface area contributed by atoms with E-state index >= 15 is 0 Å². The molecule has 0 aliphatic carbocycles. The van der Waals surface area contributed by atoms with Crippen molar-refractivity contribution in [3.63, 3.8) is 0 Å². The second-order valence-corrected chi connectivity index (χ2v) is 5.37. The molecule has 0 radical (unpaired) electrons. The Hall–Kier alpha value is -0.900. The van der Waals surface area contributed by atoms with Crippen molar-refractivity contribution < 1.29 is 4.39 Å². The monoisotopic (exact) mass is 227 g/mol. The van der Waals surface area contributed by atoms with E-state index in [1.807, 2.05) is 33.9 Å². The zero-order valence-electron chi connectivity index (χ0n) is 10.6. The van der Waals surface area contributed by atoms with E-state index in [2.05, 4.69) is 5.10 Å². The first-order valence-electron chi connectivity index (χ1n) is 5.66. The Bertz CT molecular complexity index is 340. The van der Waals surface area contributed by atoms with Crippen LogP contribution in [-0.4, -0.2) is 22.0 Å². The summed E-state index contributed by atoms with van der Waals surface area (Å²) in [6.45, 7) is 5.74. The Labute approximate surface area is 96.8 Å². The molecule has 0 saturated heterocycles. The summed E-state index contributed by atoms with van der Waals surface area (Å²) in [6.07, 6.45) is 2.84. The van der Waals surface area contributed by atoms with Crippen molar-refractivity contribution >= 4 is 0 Å². The molecule has 2 N–H and O–H groups in total. The number of alkyl halides is 1. The molecular formula is C12H22FN3. The standard InChI is InChI=1S/C12H22FN3/c1-11(2,3)12(13,9-14)7-5-10-6-8-15-16(10)4/h6,8H,5,7,9,14H2,1-4H3. The molecule has 3 nitrogen and oxygen atoms in total. The zero-order valence-corrected chi connectivity index (χ0v) is 10.6. The minimum Gasteiger partial charge on any atom is -0.328 e. The van der Waals surface area contributed by atoms with Gasteiger partial charge in [0.1, 0.15) is 5.67 Å². The van der Waals surface area contributed by atoms with Crippen molar-refractivity contribution in [3.05, 3.63) is 18.0 Å². The molecule has 1 aromatic rings. The minimum atomic E-state index is -1.32. The highest BCUT2D eigenvalue weighted by Gasteiger charge is 2.40. The fourth-order valence-electron chi connectivity index (χ4n) is 1.76. The fourth-order valence-corrected chi connectivity index (χ4v) is 1.76. The Balaban J connectivity index is 2.69. The summed E-state index contributed by atoms with van der Waals surface area (Å²) in [7, 11) is 1.87. The summed E-state index contributed by atoms with van der Waals surface area (Å²) in [5.41, 5.74) is 4.86. The SMILES string of the molecule is Cn1nccc1CCC(F)(CN)C(C)(C)C. The van der Waals surface area contributed by atoms with E-state index in [0.29, 0.717) is 12.8 Å². The maximum Gasteiger partial charge on any atom is 0.128 e. The summed E-state index contributed by atoms with van der Waals surface area (Å²) in [5.74, 6) is 0. The van der Waals surface area contributed by atoms with Crippen molar-refractivity contribution in [3.8, 4) is 0 Å². The molecule has 1 atom stereocenters. The van der Waals surface area contributed by atoms with E-state index < -0.39 is 11.1 Å². The zero-order chi connectivity index (χ0) is 12.4. The number of aryl methyl sites for hydroxylation is 2. The molecule has 0 amide bonds. The summed E-state index contributed by atoms with van der Waals surface area (Å²) in [4.78, 5) is 0. The maximum absolute atomic E-state index is 14.6. The van der Waals surface area contributed by atoms with Gasteiger partial charge in [0.15, 0.2) is 0 Å². The quantitative estimate of drug-likeness (QED) is 0.855. The average Bonchev–Trinajstić information content (AvgIpc) is 2.59. The third kappa shape index (κ3) is 2.61. The van der Waals surface area contributed by atoms with Crippen LogP contribution in [0.15, 0.2) is 12.3 Å². The molecule has 92 valence electrons. The molecule has 1 rings (SSSR count). The average molecular weight is 227 g/mol. The number of aromatic nitrogens is 2. The predicted octanol–water partition coefficient (Wildman–Crippen LogP) is 2.07. The molecule has 0 aromatic carbocycles. The van der Waals surface area contributed by atoms with Crippen LogP contribution in [0.2, 0.25) is 0 Å². The van der Waals surface area contributed by atoms with E-state index in [1.54, 1.807) is 10.9 Å². The highest BCUT2D eigenvalue weighted by molar-refractivity contribution is 5.03. The third-order valence-electron chi connectivity index (χ3n) is 3.37. The highest BCUT2D eigenvalue weighted by atomic mass is 19.1. The van der Waals surface area contributed by atoms with Crippen molar-refractivity contribution in [2.45, 2.75) is 39.3 Å². The van der Waals surface area contributed by atoms with Crippen molar-refractivity contribution in [2.75, 3.05) is 6.54 Å². The molecule has 16 heavy (non-hydrogen) atoms. The molecule has 0 fully saturated rings. The van der Waals surface area contributed by atoms with E-state index in [0.717, 1.165) is 5.69 Å². The van der Waals surface area contributed by atoms with E-state index in [9.17, 15) is 4.39 Å². The van der Waals surface area contributed by atoms with Crippen LogP contribution in [0.5, 0.6) is 0 Å². The van der Waals surface area contributed by atoms with Crippen LogP contribution in [0.1, 0.15) is 32.9 Å². The lowest BCUT2D eigenvalue weighted by atomic mass is 9.75. The number of nitrogens with two attached hydrogens (primary N) is 1. The lowest BCUT2D eigenvalue weighted by Crippen LogP contribution is -2.45. The Morgan fingerprint density at radius 2 is 2.06 bits per heavy atom. The first-order chi connectivity index (χ1) is 7.30. The van der Waals surface area contributed by atoms with Gasteiger partial charge in [-0.1, -0.05) is 20.8 Å². The molecule has 0 bridgehead atoms. The van der Waals surface area contributed by atoms with Gasteiger partial charge >= 0.3 is 0 Å². The van der Waals surface area contributed by atoms with Gasteiger partial charge in [0.25, 0.3) is 0 Å². The number of rotatable bonds is 4. The van der Waals surface area contributed by atoms with Gasteiger partial charge in [0.2, 0.25) is 0 Å². The summed E-state index contributed by atoms with van der Waals surface area (Å²) in [5, 5.41) is 4.07. The minimum absolute atomic E-state index is 0.0638. The van der Waals surface area contributed by atoms with Crippen molar-refractivity contribution in [2.24, 2.45) is 18.2 Å². The molecule has 0 saturated carbocycles. The van der Waals surface area contributed by atoms with Crippen LogP contribution < -0.4 is 5.73 Å². The van der Waals surface area contributed by atoms with Crippen molar-refractivity contribution in [1.82, 2.24) is 9.78 Å². The van der Waals surface area contributed by atoms with Gasteiger partial charge in [-0.05, 0) is 24.3 Å². The number of hydrogen-bond donors (Lipinski definition) is 1. The largest absolute Gasteiger partial charge is 0.328 e. The van der Waals surface area contributed by atoms with Crippen LogP contribution in [0.4, 0.5) is 4.39 Å².